The summed E-state index contributed by atoms with van der Waals surface area (Å²) in [5.41, 5.74) is 0. The van der Waals surface area contributed by atoms with E-state index in [1.165, 1.54) is 51.9 Å². The molecule has 0 aliphatic carbocycles. The standard InChI is InChI=1S/C14H28N2O/c1-3-11-17-14-5-4-8-16(12-14)13-6-9-15(2)10-7-13/h13-14H,3-12H2,1-2H3/t14-/m1/s1. The molecule has 0 saturated carbocycles. The number of piperidine rings is 2. The Kier molecular flexibility index (Phi) is 5.26. The minimum absolute atomic E-state index is 0.503. The summed E-state index contributed by atoms with van der Waals surface area (Å²) in [6.45, 7) is 8.13. The molecule has 0 aromatic heterocycles. The van der Waals surface area contributed by atoms with Crippen molar-refractivity contribution in [2.45, 2.75) is 51.2 Å². The summed E-state index contributed by atoms with van der Waals surface area (Å²) in [4.78, 5) is 5.14. The summed E-state index contributed by atoms with van der Waals surface area (Å²) in [5.74, 6) is 0. The van der Waals surface area contributed by atoms with Gasteiger partial charge in [-0.25, -0.2) is 0 Å². The van der Waals surface area contributed by atoms with Crippen molar-refractivity contribution in [3.05, 3.63) is 0 Å². The van der Waals surface area contributed by atoms with Crippen LogP contribution in [0.25, 0.3) is 0 Å². The monoisotopic (exact) mass is 240 g/mol. The molecule has 2 saturated heterocycles. The zero-order valence-corrected chi connectivity index (χ0v) is 11.5. The molecule has 2 heterocycles. The summed E-state index contributed by atoms with van der Waals surface area (Å²) in [6.07, 6.45) is 6.92. The lowest BCUT2D eigenvalue weighted by atomic mass is 9.99. The zero-order chi connectivity index (χ0) is 12.1. The van der Waals surface area contributed by atoms with E-state index in [2.05, 4.69) is 23.8 Å². The van der Waals surface area contributed by atoms with E-state index in [-0.39, 0.29) is 0 Å². The maximum atomic E-state index is 5.92. The van der Waals surface area contributed by atoms with E-state index in [1.54, 1.807) is 0 Å². The van der Waals surface area contributed by atoms with Crippen molar-refractivity contribution in [2.75, 3.05) is 39.8 Å². The van der Waals surface area contributed by atoms with Gasteiger partial charge in [-0.05, 0) is 58.8 Å². The van der Waals surface area contributed by atoms with Crippen LogP contribution in [-0.4, -0.2) is 61.8 Å². The lowest BCUT2D eigenvalue weighted by molar-refractivity contribution is -0.0203. The van der Waals surface area contributed by atoms with Gasteiger partial charge in [0.15, 0.2) is 0 Å². The van der Waals surface area contributed by atoms with E-state index in [4.69, 9.17) is 4.74 Å². The Hall–Kier alpha value is -0.120. The highest BCUT2D eigenvalue weighted by molar-refractivity contribution is 4.83. The van der Waals surface area contributed by atoms with Crippen LogP contribution < -0.4 is 0 Å². The molecule has 100 valence electrons. The van der Waals surface area contributed by atoms with Gasteiger partial charge in [0.2, 0.25) is 0 Å². The number of nitrogens with zero attached hydrogens (tertiary/aromatic N) is 2. The molecule has 0 radical (unpaired) electrons. The number of likely N-dealkylation sites (tertiary alicyclic amines) is 2. The zero-order valence-electron chi connectivity index (χ0n) is 11.5. The van der Waals surface area contributed by atoms with Crippen molar-refractivity contribution >= 4 is 0 Å². The predicted octanol–water partition coefficient (Wildman–Crippen LogP) is 1.97. The molecule has 17 heavy (non-hydrogen) atoms. The second kappa shape index (κ2) is 6.72. The molecule has 0 spiro atoms. The average Bonchev–Trinajstić information content (AvgIpc) is 2.37. The van der Waals surface area contributed by atoms with E-state index < -0.39 is 0 Å². The molecular weight excluding hydrogens is 212 g/mol. The summed E-state index contributed by atoms with van der Waals surface area (Å²) < 4.78 is 5.92. The Bertz CT molecular complexity index is 214. The van der Waals surface area contributed by atoms with Gasteiger partial charge < -0.3 is 9.64 Å². The van der Waals surface area contributed by atoms with Crippen molar-refractivity contribution in [1.29, 1.82) is 0 Å². The number of ether oxygens (including phenoxy) is 1. The lowest BCUT2D eigenvalue weighted by Gasteiger charge is -2.41. The molecule has 3 heteroatoms. The molecule has 3 nitrogen and oxygen atoms in total. The highest BCUT2D eigenvalue weighted by Crippen LogP contribution is 2.21. The fourth-order valence-electron chi connectivity index (χ4n) is 3.08. The van der Waals surface area contributed by atoms with Gasteiger partial charge in [0.05, 0.1) is 6.10 Å². The molecule has 0 N–H and O–H groups in total. The Morgan fingerprint density at radius 2 is 1.88 bits per heavy atom. The molecule has 0 aromatic carbocycles. The van der Waals surface area contributed by atoms with Gasteiger partial charge in [0.25, 0.3) is 0 Å². The van der Waals surface area contributed by atoms with Gasteiger partial charge in [-0.3, -0.25) is 4.90 Å². The average molecular weight is 240 g/mol. The van der Waals surface area contributed by atoms with E-state index in [9.17, 15) is 0 Å². The van der Waals surface area contributed by atoms with E-state index in [0.29, 0.717) is 6.10 Å². The predicted molar refractivity (Wildman–Crippen MR) is 71.4 cm³/mol. The summed E-state index contributed by atoms with van der Waals surface area (Å²) in [6, 6.07) is 0.819. The molecule has 2 fully saturated rings. The Balaban J connectivity index is 1.76. The number of rotatable bonds is 4. The first-order valence-corrected chi connectivity index (χ1v) is 7.33. The van der Waals surface area contributed by atoms with Gasteiger partial charge in [-0.2, -0.15) is 0 Å². The minimum Gasteiger partial charge on any atom is -0.377 e. The number of hydrogen-bond donors (Lipinski definition) is 0. The van der Waals surface area contributed by atoms with Crippen LogP contribution in [0.3, 0.4) is 0 Å². The third-order valence-electron chi connectivity index (χ3n) is 4.17. The van der Waals surface area contributed by atoms with Crippen LogP contribution >= 0.6 is 0 Å². The first kappa shape index (κ1) is 13.3. The first-order chi connectivity index (χ1) is 8.29. The molecule has 1 atom stereocenters. The van der Waals surface area contributed by atoms with Crippen molar-refractivity contribution in [3.8, 4) is 0 Å². The van der Waals surface area contributed by atoms with Crippen LogP contribution in [0.2, 0.25) is 0 Å². The van der Waals surface area contributed by atoms with E-state index in [1.807, 2.05) is 0 Å². The summed E-state index contributed by atoms with van der Waals surface area (Å²) in [7, 11) is 2.24. The third kappa shape index (κ3) is 3.94. The van der Waals surface area contributed by atoms with Crippen LogP contribution in [-0.2, 0) is 4.74 Å². The van der Waals surface area contributed by atoms with Crippen LogP contribution in [0.15, 0.2) is 0 Å². The minimum atomic E-state index is 0.503. The molecule has 0 unspecified atom stereocenters. The summed E-state index contributed by atoms with van der Waals surface area (Å²) in [5, 5.41) is 0. The maximum Gasteiger partial charge on any atom is 0.0702 e. The van der Waals surface area contributed by atoms with Crippen LogP contribution in [0.4, 0.5) is 0 Å². The second-order valence-corrected chi connectivity index (χ2v) is 5.66. The molecule has 2 aliphatic rings. The molecule has 0 bridgehead atoms. The second-order valence-electron chi connectivity index (χ2n) is 5.66. The normalized spacial score (nSPS) is 29.6. The SMILES string of the molecule is CCCO[C@@H]1CCCN(C2CCN(C)CC2)C1. The van der Waals surface area contributed by atoms with Gasteiger partial charge in [0.1, 0.15) is 0 Å². The van der Waals surface area contributed by atoms with Crippen molar-refractivity contribution in [3.63, 3.8) is 0 Å². The van der Waals surface area contributed by atoms with Crippen molar-refractivity contribution in [2.24, 2.45) is 0 Å². The highest BCUT2D eigenvalue weighted by Gasteiger charge is 2.28. The van der Waals surface area contributed by atoms with Crippen molar-refractivity contribution < 1.29 is 4.74 Å². The quantitative estimate of drug-likeness (QED) is 0.747. The fourth-order valence-corrected chi connectivity index (χ4v) is 3.08. The van der Waals surface area contributed by atoms with Crippen LogP contribution in [0.1, 0.15) is 39.0 Å². The van der Waals surface area contributed by atoms with E-state index in [0.717, 1.165) is 19.1 Å². The van der Waals surface area contributed by atoms with E-state index >= 15 is 0 Å². The molecule has 0 aromatic rings. The largest absolute Gasteiger partial charge is 0.377 e. The van der Waals surface area contributed by atoms with Gasteiger partial charge in [0, 0.05) is 19.2 Å². The third-order valence-corrected chi connectivity index (χ3v) is 4.17. The van der Waals surface area contributed by atoms with Gasteiger partial charge in [-0.15, -0.1) is 0 Å². The Labute approximate surface area is 106 Å². The highest BCUT2D eigenvalue weighted by atomic mass is 16.5. The molecule has 2 rings (SSSR count). The number of hydrogen-bond acceptors (Lipinski definition) is 3. The molecule has 0 amide bonds. The lowest BCUT2D eigenvalue weighted by Crippen LogP contribution is -2.49. The van der Waals surface area contributed by atoms with Gasteiger partial charge >= 0.3 is 0 Å². The molecular formula is C14H28N2O. The Morgan fingerprint density at radius 1 is 1.12 bits per heavy atom. The van der Waals surface area contributed by atoms with Crippen LogP contribution in [0, 0.1) is 0 Å². The van der Waals surface area contributed by atoms with Crippen molar-refractivity contribution in [1.82, 2.24) is 9.80 Å². The smallest absolute Gasteiger partial charge is 0.0702 e. The Morgan fingerprint density at radius 3 is 2.59 bits per heavy atom. The topological polar surface area (TPSA) is 15.7 Å². The maximum absolute atomic E-state index is 5.92. The van der Waals surface area contributed by atoms with Crippen LogP contribution in [0.5, 0.6) is 0 Å². The first-order valence-electron chi connectivity index (χ1n) is 7.33. The van der Waals surface area contributed by atoms with Gasteiger partial charge in [-0.1, -0.05) is 6.92 Å². The molecule has 2 aliphatic heterocycles. The summed E-state index contributed by atoms with van der Waals surface area (Å²) >= 11 is 0. The fraction of sp³-hybridized carbons (Fsp3) is 1.00.